The van der Waals surface area contributed by atoms with Crippen LogP contribution >= 0.6 is 0 Å². The SMILES string of the molecule is COc1ccc(F)cc1-c1cc(N)nc(C(F)(F)F)n1. The van der Waals surface area contributed by atoms with Gasteiger partial charge in [0.2, 0.25) is 5.82 Å². The Morgan fingerprint density at radius 3 is 2.45 bits per heavy atom. The van der Waals surface area contributed by atoms with Crippen LogP contribution in [-0.4, -0.2) is 17.1 Å². The molecule has 1 aromatic carbocycles. The summed E-state index contributed by atoms with van der Waals surface area (Å²) in [5, 5.41) is 0. The van der Waals surface area contributed by atoms with E-state index in [1.165, 1.54) is 13.2 Å². The first-order valence-electron chi connectivity index (χ1n) is 5.37. The molecule has 2 rings (SSSR count). The third kappa shape index (κ3) is 2.79. The van der Waals surface area contributed by atoms with E-state index < -0.39 is 17.8 Å². The summed E-state index contributed by atoms with van der Waals surface area (Å²) in [6.45, 7) is 0. The molecule has 0 amide bonds. The lowest BCUT2D eigenvalue weighted by Gasteiger charge is -2.11. The molecule has 0 aliphatic carbocycles. The van der Waals surface area contributed by atoms with Crippen LogP contribution in [0.2, 0.25) is 0 Å². The van der Waals surface area contributed by atoms with Gasteiger partial charge in [0, 0.05) is 11.6 Å². The highest BCUT2D eigenvalue weighted by molar-refractivity contribution is 5.69. The molecule has 4 nitrogen and oxygen atoms in total. The number of nitrogen functional groups attached to an aromatic ring is 1. The minimum absolute atomic E-state index is 0.0621. The van der Waals surface area contributed by atoms with E-state index >= 15 is 0 Å². The Morgan fingerprint density at radius 1 is 1.15 bits per heavy atom. The molecule has 1 aromatic heterocycles. The molecule has 0 aliphatic heterocycles. The lowest BCUT2D eigenvalue weighted by Crippen LogP contribution is -2.13. The molecule has 0 atom stereocenters. The van der Waals surface area contributed by atoms with E-state index in [4.69, 9.17) is 10.5 Å². The number of halogens is 4. The van der Waals surface area contributed by atoms with Crippen molar-refractivity contribution in [2.24, 2.45) is 0 Å². The largest absolute Gasteiger partial charge is 0.496 e. The van der Waals surface area contributed by atoms with Gasteiger partial charge in [-0.2, -0.15) is 13.2 Å². The minimum atomic E-state index is -4.75. The van der Waals surface area contributed by atoms with Crippen molar-refractivity contribution in [1.29, 1.82) is 0 Å². The lowest BCUT2D eigenvalue weighted by molar-refractivity contribution is -0.144. The summed E-state index contributed by atoms with van der Waals surface area (Å²) in [5.74, 6) is -2.21. The summed E-state index contributed by atoms with van der Waals surface area (Å²) >= 11 is 0. The first kappa shape index (κ1) is 14.0. The number of nitrogens with zero attached hydrogens (tertiary/aromatic N) is 2. The molecule has 2 aromatic rings. The van der Waals surface area contributed by atoms with Crippen molar-refractivity contribution >= 4 is 5.82 Å². The first-order chi connectivity index (χ1) is 9.31. The summed E-state index contributed by atoms with van der Waals surface area (Å²) in [6, 6.07) is 4.54. The maximum Gasteiger partial charge on any atom is 0.451 e. The normalized spacial score (nSPS) is 11.4. The molecule has 1 heterocycles. The van der Waals surface area contributed by atoms with Crippen molar-refractivity contribution < 1.29 is 22.3 Å². The van der Waals surface area contributed by atoms with E-state index in [2.05, 4.69) is 9.97 Å². The summed E-state index contributed by atoms with van der Waals surface area (Å²) in [5.41, 5.74) is 5.23. The Morgan fingerprint density at radius 2 is 1.85 bits per heavy atom. The van der Waals surface area contributed by atoms with E-state index in [1.807, 2.05) is 0 Å². The number of hydrogen-bond donors (Lipinski definition) is 1. The Hall–Kier alpha value is -2.38. The van der Waals surface area contributed by atoms with Gasteiger partial charge in [0.05, 0.1) is 12.8 Å². The summed E-state index contributed by atoms with van der Waals surface area (Å²) in [7, 11) is 1.31. The van der Waals surface area contributed by atoms with Crippen LogP contribution in [0.25, 0.3) is 11.3 Å². The number of benzene rings is 1. The topological polar surface area (TPSA) is 61.0 Å². The zero-order valence-corrected chi connectivity index (χ0v) is 10.2. The van der Waals surface area contributed by atoms with Gasteiger partial charge in [0.1, 0.15) is 17.4 Å². The van der Waals surface area contributed by atoms with Gasteiger partial charge in [-0.05, 0) is 18.2 Å². The zero-order chi connectivity index (χ0) is 14.9. The van der Waals surface area contributed by atoms with Gasteiger partial charge in [0.25, 0.3) is 0 Å². The zero-order valence-electron chi connectivity index (χ0n) is 10.2. The molecule has 106 valence electrons. The van der Waals surface area contributed by atoms with Crippen molar-refractivity contribution in [1.82, 2.24) is 9.97 Å². The van der Waals surface area contributed by atoms with Gasteiger partial charge in [-0.1, -0.05) is 0 Å². The number of ether oxygens (including phenoxy) is 1. The van der Waals surface area contributed by atoms with Crippen LogP contribution < -0.4 is 10.5 Å². The van der Waals surface area contributed by atoms with E-state index in [1.54, 1.807) is 0 Å². The van der Waals surface area contributed by atoms with Crippen LogP contribution in [-0.2, 0) is 6.18 Å². The lowest BCUT2D eigenvalue weighted by atomic mass is 10.1. The Kier molecular flexibility index (Phi) is 3.47. The molecule has 2 N–H and O–H groups in total. The maximum absolute atomic E-state index is 13.3. The fourth-order valence-electron chi connectivity index (χ4n) is 1.61. The van der Waals surface area contributed by atoms with Gasteiger partial charge in [0.15, 0.2) is 0 Å². The van der Waals surface area contributed by atoms with E-state index in [0.717, 1.165) is 18.2 Å². The first-order valence-corrected chi connectivity index (χ1v) is 5.37. The minimum Gasteiger partial charge on any atom is -0.496 e. The molecule has 0 aliphatic rings. The van der Waals surface area contributed by atoms with Crippen LogP contribution in [0.1, 0.15) is 5.82 Å². The molecular weight excluding hydrogens is 278 g/mol. The van der Waals surface area contributed by atoms with Gasteiger partial charge >= 0.3 is 6.18 Å². The van der Waals surface area contributed by atoms with Gasteiger partial charge in [-0.15, -0.1) is 0 Å². The van der Waals surface area contributed by atoms with E-state index in [-0.39, 0.29) is 22.8 Å². The molecule has 0 unspecified atom stereocenters. The van der Waals surface area contributed by atoms with Crippen LogP contribution in [0, 0.1) is 5.82 Å². The van der Waals surface area contributed by atoms with Gasteiger partial charge in [-0.3, -0.25) is 0 Å². The number of anilines is 1. The van der Waals surface area contributed by atoms with Gasteiger partial charge < -0.3 is 10.5 Å². The van der Waals surface area contributed by atoms with Crippen molar-refractivity contribution in [3.05, 3.63) is 35.9 Å². The molecule has 8 heteroatoms. The predicted octanol–water partition coefficient (Wildman–Crippen LogP) is 2.89. The van der Waals surface area contributed by atoms with Gasteiger partial charge in [-0.25, -0.2) is 14.4 Å². The van der Waals surface area contributed by atoms with Crippen LogP contribution in [0.5, 0.6) is 5.75 Å². The molecule has 0 spiro atoms. The molecular formula is C12H9F4N3O. The number of aromatic nitrogens is 2. The summed E-state index contributed by atoms with van der Waals surface area (Å²) < 4.78 is 56.1. The van der Waals surface area contributed by atoms with E-state index in [0.29, 0.717) is 0 Å². The summed E-state index contributed by atoms with van der Waals surface area (Å²) in [6.07, 6.45) is -4.75. The number of nitrogens with two attached hydrogens (primary N) is 1. The number of rotatable bonds is 2. The monoisotopic (exact) mass is 287 g/mol. The highest BCUT2D eigenvalue weighted by Gasteiger charge is 2.35. The Balaban J connectivity index is 2.64. The molecule has 0 saturated heterocycles. The third-order valence-corrected chi connectivity index (χ3v) is 2.44. The Labute approximate surface area is 111 Å². The smallest absolute Gasteiger partial charge is 0.451 e. The van der Waals surface area contributed by atoms with Crippen LogP contribution in [0.4, 0.5) is 23.4 Å². The van der Waals surface area contributed by atoms with Crippen molar-refractivity contribution in [3.63, 3.8) is 0 Å². The van der Waals surface area contributed by atoms with Crippen LogP contribution in [0.15, 0.2) is 24.3 Å². The standard InChI is InChI=1S/C12H9F4N3O/c1-20-9-3-2-6(13)4-7(9)8-5-10(17)19-11(18-8)12(14,15)16/h2-5H,1H3,(H2,17,18,19). The fourth-order valence-corrected chi connectivity index (χ4v) is 1.61. The predicted molar refractivity (Wildman–Crippen MR) is 63.4 cm³/mol. The fraction of sp³-hybridized carbons (Fsp3) is 0.167. The molecule has 20 heavy (non-hydrogen) atoms. The van der Waals surface area contributed by atoms with Crippen molar-refractivity contribution in [3.8, 4) is 17.0 Å². The quantitative estimate of drug-likeness (QED) is 0.863. The second-order valence-electron chi connectivity index (χ2n) is 3.84. The average Bonchev–Trinajstić information content (AvgIpc) is 2.37. The second kappa shape index (κ2) is 4.95. The molecule has 0 bridgehead atoms. The molecule has 0 radical (unpaired) electrons. The maximum atomic E-state index is 13.3. The Bertz CT molecular complexity index is 643. The van der Waals surface area contributed by atoms with E-state index in [9.17, 15) is 17.6 Å². The molecule has 0 saturated carbocycles. The second-order valence-corrected chi connectivity index (χ2v) is 3.84. The highest BCUT2D eigenvalue weighted by atomic mass is 19.4. The van der Waals surface area contributed by atoms with Crippen molar-refractivity contribution in [2.45, 2.75) is 6.18 Å². The average molecular weight is 287 g/mol. The number of alkyl halides is 3. The number of methoxy groups -OCH3 is 1. The number of hydrogen-bond acceptors (Lipinski definition) is 4. The van der Waals surface area contributed by atoms with Crippen LogP contribution in [0.3, 0.4) is 0 Å². The molecule has 0 fully saturated rings. The highest BCUT2D eigenvalue weighted by Crippen LogP contribution is 2.33. The summed E-state index contributed by atoms with van der Waals surface area (Å²) in [4.78, 5) is 6.48. The van der Waals surface area contributed by atoms with Crippen molar-refractivity contribution in [2.75, 3.05) is 12.8 Å². The third-order valence-electron chi connectivity index (χ3n) is 2.44.